The molecule has 1 atom stereocenters. The normalized spacial score (nSPS) is 15.7. The van der Waals surface area contributed by atoms with Gasteiger partial charge in [-0.1, -0.05) is 6.92 Å². The molecule has 1 aliphatic carbocycles. The summed E-state index contributed by atoms with van der Waals surface area (Å²) in [6.45, 7) is 3.61. The van der Waals surface area contributed by atoms with Crippen molar-refractivity contribution in [2.45, 2.75) is 32.7 Å². The van der Waals surface area contributed by atoms with E-state index in [-0.39, 0.29) is 24.3 Å². The summed E-state index contributed by atoms with van der Waals surface area (Å²) in [6, 6.07) is 1.87. The van der Waals surface area contributed by atoms with E-state index in [0.29, 0.717) is 5.78 Å². The van der Waals surface area contributed by atoms with Crippen LogP contribution in [0, 0.1) is 12.8 Å². The highest BCUT2D eigenvalue weighted by Crippen LogP contribution is 2.28. The second-order valence-electron chi connectivity index (χ2n) is 5.66. The molecule has 0 spiro atoms. The third-order valence-corrected chi connectivity index (χ3v) is 3.76. The molecule has 0 aromatic carbocycles. The number of rotatable bonds is 5. The van der Waals surface area contributed by atoms with Crippen LogP contribution in [0.1, 0.15) is 36.1 Å². The molecule has 3 rings (SSSR count). The number of aliphatic carboxylic acids is 1. The van der Waals surface area contributed by atoms with Crippen molar-refractivity contribution in [3.63, 3.8) is 0 Å². The highest BCUT2D eigenvalue weighted by molar-refractivity contribution is 5.91. The molecule has 1 amide bonds. The minimum absolute atomic E-state index is 0.0614. The van der Waals surface area contributed by atoms with Crippen LogP contribution in [0.5, 0.6) is 0 Å². The summed E-state index contributed by atoms with van der Waals surface area (Å²) in [4.78, 5) is 33.5. The lowest BCUT2D eigenvalue weighted by Crippen LogP contribution is -2.39. The Kier molecular flexibility index (Phi) is 3.51. The highest BCUT2D eigenvalue weighted by atomic mass is 16.4. The number of carboxylic acids is 1. The molecule has 1 fully saturated rings. The second kappa shape index (κ2) is 5.36. The number of carboxylic acid groups (broad SMARTS) is 1. The molecule has 2 heterocycles. The Morgan fingerprint density at radius 3 is 2.82 bits per heavy atom. The molecule has 1 aliphatic rings. The minimum Gasteiger partial charge on any atom is -0.481 e. The smallest absolute Gasteiger partial charge is 0.308 e. The van der Waals surface area contributed by atoms with Crippen LogP contribution in [0.15, 0.2) is 12.3 Å². The van der Waals surface area contributed by atoms with E-state index in [0.717, 1.165) is 18.5 Å². The van der Waals surface area contributed by atoms with Crippen molar-refractivity contribution in [1.29, 1.82) is 0 Å². The topological polar surface area (TPSA) is 101 Å². The van der Waals surface area contributed by atoms with Crippen molar-refractivity contribution < 1.29 is 14.7 Å². The van der Waals surface area contributed by atoms with Crippen LogP contribution in [0.3, 0.4) is 0 Å². The predicted octanol–water partition coefficient (Wildman–Crippen LogP) is 0.758. The SMILES string of the molecule is Cc1ccnc2nc(C(=O)N(CC(C)C(=O)O)C3CC3)nn12. The summed E-state index contributed by atoms with van der Waals surface area (Å²) in [6.07, 6.45) is 3.39. The second-order valence-corrected chi connectivity index (χ2v) is 5.66. The van der Waals surface area contributed by atoms with Gasteiger partial charge in [-0.25, -0.2) is 9.50 Å². The van der Waals surface area contributed by atoms with Gasteiger partial charge in [0.15, 0.2) is 0 Å². The van der Waals surface area contributed by atoms with Gasteiger partial charge in [0, 0.05) is 24.5 Å². The number of aryl methyl sites for hydroxylation is 1. The zero-order valence-corrected chi connectivity index (χ0v) is 12.4. The van der Waals surface area contributed by atoms with Gasteiger partial charge < -0.3 is 10.0 Å². The van der Waals surface area contributed by atoms with Crippen molar-refractivity contribution in [3.8, 4) is 0 Å². The van der Waals surface area contributed by atoms with E-state index in [2.05, 4.69) is 15.1 Å². The molecule has 8 heteroatoms. The van der Waals surface area contributed by atoms with Gasteiger partial charge in [0.05, 0.1) is 5.92 Å². The highest BCUT2D eigenvalue weighted by Gasteiger charge is 2.36. The first-order valence-corrected chi connectivity index (χ1v) is 7.19. The number of nitrogens with zero attached hydrogens (tertiary/aromatic N) is 5. The third kappa shape index (κ3) is 2.63. The van der Waals surface area contributed by atoms with Crippen molar-refractivity contribution in [3.05, 3.63) is 23.8 Å². The maximum absolute atomic E-state index is 12.6. The van der Waals surface area contributed by atoms with Crippen molar-refractivity contribution in [1.82, 2.24) is 24.5 Å². The molecule has 2 aromatic rings. The molecule has 116 valence electrons. The number of hydrogen-bond acceptors (Lipinski definition) is 5. The molecular formula is C14H17N5O3. The van der Waals surface area contributed by atoms with Gasteiger partial charge in [-0.3, -0.25) is 9.59 Å². The summed E-state index contributed by atoms with van der Waals surface area (Å²) in [7, 11) is 0. The van der Waals surface area contributed by atoms with Gasteiger partial charge in [-0.15, -0.1) is 5.10 Å². The molecule has 0 bridgehead atoms. The molecule has 22 heavy (non-hydrogen) atoms. The van der Waals surface area contributed by atoms with E-state index in [9.17, 15) is 9.59 Å². The zero-order chi connectivity index (χ0) is 15.9. The summed E-state index contributed by atoms with van der Waals surface area (Å²) in [5.74, 6) is -1.45. The van der Waals surface area contributed by atoms with E-state index < -0.39 is 11.9 Å². The minimum atomic E-state index is -0.918. The fourth-order valence-electron chi connectivity index (χ4n) is 2.28. The quantitative estimate of drug-likeness (QED) is 0.875. The standard InChI is InChI=1S/C14H17N5O3/c1-8(13(21)22)7-18(10-3-4-10)12(20)11-16-14-15-6-5-9(2)19(14)17-11/h5-6,8,10H,3-4,7H2,1-2H3,(H,21,22). The zero-order valence-electron chi connectivity index (χ0n) is 12.4. The molecule has 8 nitrogen and oxygen atoms in total. The Hall–Kier alpha value is -2.51. The molecule has 1 unspecified atom stereocenters. The summed E-state index contributed by atoms with van der Waals surface area (Å²) < 4.78 is 1.51. The Morgan fingerprint density at radius 1 is 1.50 bits per heavy atom. The number of carbonyl (C=O) groups is 2. The fourth-order valence-corrected chi connectivity index (χ4v) is 2.28. The van der Waals surface area contributed by atoms with Crippen molar-refractivity contribution >= 4 is 17.7 Å². The van der Waals surface area contributed by atoms with Crippen LogP contribution in [0.25, 0.3) is 5.78 Å². The van der Waals surface area contributed by atoms with E-state index in [1.165, 1.54) is 4.52 Å². The van der Waals surface area contributed by atoms with Crippen LogP contribution >= 0.6 is 0 Å². The average molecular weight is 303 g/mol. The van der Waals surface area contributed by atoms with Crippen molar-refractivity contribution in [2.75, 3.05) is 6.54 Å². The van der Waals surface area contributed by atoms with Crippen LogP contribution in [-0.2, 0) is 4.79 Å². The third-order valence-electron chi connectivity index (χ3n) is 3.76. The van der Waals surface area contributed by atoms with E-state index >= 15 is 0 Å². The van der Waals surface area contributed by atoms with Gasteiger partial charge in [-0.2, -0.15) is 4.98 Å². The van der Waals surface area contributed by atoms with Crippen LogP contribution < -0.4 is 0 Å². The Morgan fingerprint density at radius 2 is 2.23 bits per heavy atom. The summed E-state index contributed by atoms with van der Waals surface area (Å²) in [5.41, 5.74) is 0.827. The lowest BCUT2D eigenvalue weighted by Gasteiger charge is -2.22. The average Bonchev–Trinajstić information content (AvgIpc) is 3.22. The van der Waals surface area contributed by atoms with Crippen LogP contribution in [0.4, 0.5) is 0 Å². The largest absolute Gasteiger partial charge is 0.481 e. The molecule has 2 aromatic heterocycles. The Balaban J connectivity index is 1.88. The first kappa shape index (κ1) is 14.4. The molecule has 1 saturated carbocycles. The monoisotopic (exact) mass is 303 g/mol. The molecule has 0 aliphatic heterocycles. The number of hydrogen-bond donors (Lipinski definition) is 1. The number of aromatic nitrogens is 4. The van der Waals surface area contributed by atoms with Crippen LogP contribution in [-0.4, -0.2) is 54.1 Å². The Bertz CT molecular complexity index is 737. The number of fused-ring (bicyclic) bond motifs is 1. The van der Waals surface area contributed by atoms with Gasteiger partial charge >= 0.3 is 5.97 Å². The summed E-state index contributed by atoms with van der Waals surface area (Å²) in [5, 5.41) is 13.3. The van der Waals surface area contributed by atoms with E-state index in [1.807, 2.05) is 6.92 Å². The van der Waals surface area contributed by atoms with E-state index in [1.54, 1.807) is 24.1 Å². The molecular weight excluding hydrogens is 286 g/mol. The van der Waals surface area contributed by atoms with Gasteiger partial charge in [0.2, 0.25) is 5.82 Å². The number of amides is 1. The fraction of sp³-hybridized carbons (Fsp3) is 0.500. The van der Waals surface area contributed by atoms with Gasteiger partial charge in [0.1, 0.15) is 0 Å². The number of carbonyl (C=O) groups excluding carboxylic acids is 1. The predicted molar refractivity (Wildman–Crippen MR) is 76.4 cm³/mol. The van der Waals surface area contributed by atoms with Gasteiger partial charge in [-0.05, 0) is 25.8 Å². The van der Waals surface area contributed by atoms with Crippen molar-refractivity contribution in [2.24, 2.45) is 5.92 Å². The Labute approximate surface area is 126 Å². The maximum atomic E-state index is 12.6. The van der Waals surface area contributed by atoms with E-state index in [4.69, 9.17) is 5.11 Å². The van der Waals surface area contributed by atoms with Crippen LogP contribution in [0.2, 0.25) is 0 Å². The first-order valence-electron chi connectivity index (χ1n) is 7.19. The lowest BCUT2D eigenvalue weighted by molar-refractivity contribution is -0.141. The molecule has 1 N–H and O–H groups in total. The first-order chi connectivity index (χ1) is 10.5. The molecule has 0 saturated heterocycles. The van der Waals surface area contributed by atoms with Gasteiger partial charge in [0.25, 0.3) is 11.7 Å². The molecule has 0 radical (unpaired) electrons. The lowest BCUT2D eigenvalue weighted by atomic mass is 10.1. The maximum Gasteiger partial charge on any atom is 0.308 e. The summed E-state index contributed by atoms with van der Waals surface area (Å²) >= 11 is 0.